The van der Waals surface area contributed by atoms with Gasteiger partial charge in [-0.2, -0.15) is 0 Å². The lowest BCUT2D eigenvalue weighted by Crippen LogP contribution is -2.08. The maximum Gasteiger partial charge on any atom is 0.339 e. The Labute approximate surface area is 149 Å². The molecule has 0 atom stereocenters. The van der Waals surface area contributed by atoms with Gasteiger partial charge in [-0.05, 0) is 31.2 Å². The van der Waals surface area contributed by atoms with Crippen LogP contribution >= 0.6 is 0 Å². The molecule has 26 heavy (non-hydrogen) atoms. The van der Waals surface area contributed by atoms with Crippen molar-refractivity contribution in [3.63, 3.8) is 0 Å². The standard InChI is InChI=1S/C19H17N3O4/c1-12-4-5-14(10-17(12)22(24)25)16-11-18(23)26-19(20-16)13-6-8-15(9-7-13)21(2)3/h4-11H,1-3H3. The molecule has 7 heteroatoms. The van der Waals surface area contributed by atoms with Crippen molar-refractivity contribution in [2.24, 2.45) is 0 Å². The van der Waals surface area contributed by atoms with Gasteiger partial charge in [-0.15, -0.1) is 0 Å². The van der Waals surface area contributed by atoms with E-state index in [1.165, 1.54) is 12.1 Å². The molecule has 0 aliphatic carbocycles. The highest BCUT2D eigenvalue weighted by Crippen LogP contribution is 2.27. The van der Waals surface area contributed by atoms with Gasteiger partial charge in [0.1, 0.15) is 0 Å². The van der Waals surface area contributed by atoms with E-state index in [2.05, 4.69) is 4.98 Å². The van der Waals surface area contributed by atoms with Crippen LogP contribution in [-0.2, 0) is 0 Å². The maximum atomic E-state index is 12.0. The molecule has 7 nitrogen and oxygen atoms in total. The number of rotatable bonds is 4. The summed E-state index contributed by atoms with van der Waals surface area (Å²) in [7, 11) is 3.86. The first-order valence-electron chi connectivity index (χ1n) is 7.90. The van der Waals surface area contributed by atoms with Gasteiger partial charge in [0.05, 0.1) is 16.7 Å². The Balaban J connectivity index is 2.07. The van der Waals surface area contributed by atoms with Crippen molar-refractivity contribution in [2.75, 3.05) is 19.0 Å². The average molecular weight is 351 g/mol. The highest BCUT2D eigenvalue weighted by molar-refractivity contribution is 5.66. The van der Waals surface area contributed by atoms with Gasteiger partial charge in [0.25, 0.3) is 5.69 Å². The zero-order valence-electron chi connectivity index (χ0n) is 14.6. The summed E-state index contributed by atoms with van der Waals surface area (Å²) in [6.45, 7) is 1.66. The third-order valence-electron chi connectivity index (χ3n) is 4.01. The number of aryl methyl sites for hydroxylation is 1. The quantitative estimate of drug-likeness (QED) is 0.526. The van der Waals surface area contributed by atoms with Crippen molar-refractivity contribution >= 4 is 11.4 Å². The predicted molar refractivity (Wildman–Crippen MR) is 99.4 cm³/mol. The van der Waals surface area contributed by atoms with Crippen LogP contribution < -0.4 is 10.5 Å². The molecule has 1 aromatic heterocycles. The molecule has 1 heterocycles. The highest BCUT2D eigenvalue weighted by atomic mass is 16.6. The lowest BCUT2D eigenvalue weighted by molar-refractivity contribution is -0.385. The third-order valence-corrected chi connectivity index (χ3v) is 4.01. The van der Waals surface area contributed by atoms with Gasteiger partial charge in [-0.25, -0.2) is 9.78 Å². The summed E-state index contributed by atoms with van der Waals surface area (Å²) in [5.74, 6) is 0.168. The number of nitro benzene ring substituents is 1. The lowest BCUT2D eigenvalue weighted by atomic mass is 10.1. The summed E-state index contributed by atoms with van der Waals surface area (Å²) in [6, 6.07) is 13.4. The number of hydrogen-bond acceptors (Lipinski definition) is 6. The summed E-state index contributed by atoms with van der Waals surface area (Å²) in [5, 5.41) is 11.1. The zero-order valence-corrected chi connectivity index (χ0v) is 14.6. The molecule has 0 saturated carbocycles. The number of nitro groups is 1. The van der Waals surface area contributed by atoms with Crippen LogP contribution in [-0.4, -0.2) is 24.0 Å². The van der Waals surface area contributed by atoms with Crippen molar-refractivity contribution in [3.8, 4) is 22.7 Å². The van der Waals surface area contributed by atoms with Crippen molar-refractivity contribution < 1.29 is 9.34 Å². The molecular weight excluding hydrogens is 334 g/mol. The van der Waals surface area contributed by atoms with Crippen LogP contribution in [0.2, 0.25) is 0 Å². The van der Waals surface area contributed by atoms with E-state index >= 15 is 0 Å². The molecule has 0 fully saturated rings. The lowest BCUT2D eigenvalue weighted by Gasteiger charge is -2.12. The Bertz CT molecular complexity index is 1020. The van der Waals surface area contributed by atoms with Crippen molar-refractivity contribution in [1.82, 2.24) is 4.98 Å². The van der Waals surface area contributed by atoms with Gasteiger partial charge >= 0.3 is 5.63 Å². The zero-order chi connectivity index (χ0) is 18.8. The minimum atomic E-state index is -0.565. The summed E-state index contributed by atoms with van der Waals surface area (Å²) < 4.78 is 5.21. The molecule has 0 radical (unpaired) electrons. The van der Waals surface area contributed by atoms with E-state index in [1.807, 2.05) is 43.3 Å². The third kappa shape index (κ3) is 3.46. The Morgan fingerprint density at radius 1 is 1.04 bits per heavy atom. The summed E-state index contributed by atoms with van der Waals surface area (Å²) in [5.41, 5.74) is 2.43. The van der Waals surface area contributed by atoms with Crippen LogP contribution in [0, 0.1) is 17.0 Å². The fourth-order valence-corrected chi connectivity index (χ4v) is 2.54. The second-order valence-corrected chi connectivity index (χ2v) is 6.07. The van der Waals surface area contributed by atoms with E-state index in [-0.39, 0.29) is 11.6 Å². The summed E-state index contributed by atoms with van der Waals surface area (Å²) in [6.07, 6.45) is 0. The monoisotopic (exact) mass is 351 g/mol. The molecule has 0 amide bonds. The first kappa shape index (κ1) is 17.3. The second-order valence-electron chi connectivity index (χ2n) is 6.07. The first-order chi connectivity index (χ1) is 12.3. The van der Waals surface area contributed by atoms with Crippen molar-refractivity contribution in [2.45, 2.75) is 6.92 Å². The van der Waals surface area contributed by atoms with Crippen molar-refractivity contribution in [3.05, 3.63) is 74.6 Å². The van der Waals surface area contributed by atoms with Gasteiger partial charge in [-0.3, -0.25) is 10.1 Å². The highest BCUT2D eigenvalue weighted by Gasteiger charge is 2.14. The molecule has 0 aliphatic rings. The molecular formula is C19H17N3O4. The molecule has 0 saturated heterocycles. The molecule has 2 aromatic carbocycles. The molecule has 3 aromatic rings. The molecule has 3 rings (SSSR count). The minimum Gasteiger partial charge on any atom is -0.404 e. The van der Waals surface area contributed by atoms with E-state index in [9.17, 15) is 14.9 Å². The van der Waals surface area contributed by atoms with Gasteiger partial charge < -0.3 is 9.32 Å². The second kappa shape index (κ2) is 6.79. The molecule has 0 N–H and O–H groups in total. The molecule has 0 bridgehead atoms. The van der Waals surface area contributed by atoms with Gasteiger partial charge in [0.15, 0.2) is 0 Å². The SMILES string of the molecule is Cc1ccc(-c2cc(=O)oc(-c3ccc(N(C)C)cc3)n2)cc1[N+](=O)[O-]. The van der Waals surface area contributed by atoms with Gasteiger partial charge in [0.2, 0.25) is 5.89 Å². The van der Waals surface area contributed by atoms with Crippen LogP contribution in [0.3, 0.4) is 0 Å². The van der Waals surface area contributed by atoms with Gasteiger partial charge in [-0.1, -0.05) is 12.1 Å². The van der Waals surface area contributed by atoms with E-state index in [0.717, 1.165) is 5.69 Å². The van der Waals surface area contributed by atoms with Crippen LogP contribution in [0.5, 0.6) is 0 Å². The van der Waals surface area contributed by atoms with Crippen molar-refractivity contribution in [1.29, 1.82) is 0 Å². The average Bonchev–Trinajstić information content (AvgIpc) is 2.61. The number of hydrogen-bond donors (Lipinski definition) is 0. The Hall–Kier alpha value is -3.48. The van der Waals surface area contributed by atoms with E-state index < -0.39 is 10.5 Å². The topological polar surface area (TPSA) is 89.5 Å². The predicted octanol–water partition coefficient (Wildman–Crippen LogP) is 3.65. The summed E-state index contributed by atoms with van der Waals surface area (Å²) >= 11 is 0. The van der Waals surface area contributed by atoms with Crippen LogP contribution in [0.25, 0.3) is 22.7 Å². The Morgan fingerprint density at radius 2 is 1.69 bits per heavy atom. The molecule has 0 spiro atoms. The Morgan fingerprint density at radius 3 is 2.31 bits per heavy atom. The maximum absolute atomic E-state index is 12.0. The largest absolute Gasteiger partial charge is 0.404 e. The first-order valence-corrected chi connectivity index (χ1v) is 7.90. The number of benzene rings is 2. The van der Waals surface area contributed by atoms with Crippen LogP contribution in [0.1, 0.15) is 5.56 Å². The van der Waals surface area contributed by atoms with Crippen LogP contribution in [0.15, 0.2) is 57.7 Å². The number of nitrogens with zero attached hydrogens (tertiary/aromatic N) is 3. The summed E-state index contributed by atoms with van der Waals surface area (Å²) in [4.78, 5) is 29.0. The Kier molecular flexibility index (Phi) is 4.53. The minimum absolute atomic E-state index is 0.0190. The fourth-order valence-electron chi connectivity index (χ4n) is 2.54. The molecule has 132 valence electrons. The molecule has 0 aliphatic heterocycles. The number of anilines is 1. The number of aromatic nitrogens is 1. The van der Waals surface area contributed by atoms with Crippen LogP contribution in [0.4, 0.5) is 11.4 Å². The van der Waals surface area contributed by atoms with E-state index in [1.54, 1.807) is 19.1 Å². The molecule has 0 unspecified atom stereocenters. The van der Waals surface area contributed by atoms with E-state index in [0.29, 0.717) is 22.4 Å². The normalized spacial score (nSPS) is 10.6. The van der Waals surface area contributed by atoms with Gasteiger partial charge in [0, 0.05) is 42.5 Å². The van der Waals surface area contributed by atoms with E-state index in [4.69, 9.17) is 4.42 Å². The fraction of sp³-hybridized carbons (Fsp3) is 0.158. The smallest absolute Gasteiger partial charge is 0.339 e.